The van der Waals surface area contributed by atoms with E-state index in [4.69, 9.17) is 21.1 Å². The zero-order chi connectivity index (χ0) is 18.3. The van der Waals surface area contributed by atoms with Crippen molar-refractivity contribution in [3.8, 4) is 11.3 Å². The van der Waals surface area contributed by atoms with Gasteiger partial charge in [0.2, 0.25) is 0 Å². The van der Waals surface area contributed by atoms with E-state index in [0.29, 0.717) is 38.9 Å². The smallest absolute Gasteiger partial charge is 0.335 e. The number of amides is 1. The first-order valence-corrected chi connectivity index (χ1v) is 8.15. The van der Waals surface area contributed by atoms with Crippen LogP contribution in [0.2, 0.25) is 5.02 Å². The number of aromatic carboxylic acids is 1. The normalized spacial score (nSPS) is 14.3. The van der Waals surface area contributed by atoms with Crippen LogP contribution in [0, 0.1) is 0 Å². The van der Waals surface area contributed by atoms with E-state index in [-0.39, 0.29) is 11.5 Å². The molecule has 1 aliphatic rings. The number of benzene rings is 2. The monoisotopic (exact) mass is 365 g/mol. The van der Waals surface area contributed by atoms with E-state index in [1.807, 2.05) is 0 Å². The molecule has 128 valence electrons. The molecule has 5 nitrogen and oxygen atoms in total. The predicted molar refractivity (Wildman–Crippen MR) is 99.1 cm³/mol. The third-order valence-electron chi connectivity index (χ3n) is 4.07. The molecule has 0 bridgehead atoms. The molecule has 0 radical (unpaired) electrons. The molecule has 1 aliphatic heterocycles. The zero-order valence-corrected chi connectivity index (χ0v) is 14.1. The molecule has 1 amide bonds. The molecule has 2 aromatic carbocycles. The van der Waals surface area contributed by atoms with E-state index in [2.05, 4.69) is 5.32 Å². The largest absolute Gasteiger partial charge is 0.478 e. The first kappa shape index (κ1) is 16.2. The summed E-state index contributed by atoms with van der Waals surface area (Å²) in [4.78, 5) is 23.3. The van der Waals surface area contributed by atoms with Gasteiger partial charge in [-0.25, -0.2) is 4.79 Å². The number of carboxylic acids is 1. The Hall–Kier alpha value is -3.31. The Morgan fingerprint density at radius 1 is 1.12 bits per heavy atom. The number of hydrogen-bond acceptors (Lipinski definition) is 3. The lowest BCUT2D eigenvalue weighted by molar-refractivity contribution is -0.110. The molecule has 0 atom stereocenters. The third kappa shape index (κ3) is 2.89. The highest BCUT2D eigenvalue weighted by Crippen LogP contribution is 2.35. The topological polar surface area (TPSA) is 79.5 Å². The number of carbonyl (C=O) groups is 2. The van der Waals surface area contributed by atoms with E-state index in [1.54, 1.807) is 48.5 Å². The van der Waals surface area contributed by atoms with Crippen molar-refractivity contribution in [3.05, 3.63) is 76.5 Å². The Morgan fingerprint density at radius 2 is 1.96 bits per heavy atom. The Balaban J connectivity index is 1.71. The van der Waals surface area contributed by atoms with Crippen molar-refractivity contribution in [2.45, 2.75) is 0 Å². The van der Waals surface area contributed by atoms with Crippen molar-refractivity contribution in [3.63, 3.8) is 0 Å². The van der Waals surface area contributed by atoms with Gasteiger partial charge in [0.15, 0.2) is 0 Å². The van der Waals surface area contributed by atoms with Gasteiger partial charge in [0.05, 0.1) is 11.1 Å². The maximum atomic E-state index is 12.2. The number of halogens is 1. The molecule has 26 heavy (non-hydrogen) atoms. The zero-order valence-electron chi connectivity index (χ0n) is 13.3. The summed E-state index contributed by atoms with van der Waals surface area (Å²) in [6, 6.07) is 15.1. The Bertz CT molecular complexity index is 1080. The van der Waals surface area contributed by atoms with Gasteiger partial charge in [-0.1, -0.05) is 23.7 Å². The van der Waals surface area contributed by atoms with E-state index < -0.39 is 5.97 Å². The molecule has 0 unspecified atom stereocenters. The summed E-state index contributed by atoms with van der Waals surface area (Å²) >= 11 is 6.03. The number of carboxylic acid groups (broad SMARTS) is 1. The average Bonchev–Trinajstić information content (AvgIpc) is 3.21. The van der Waals surface area contributed by atoms with Crippen LogP contribution in [-0.2, 0) is 4.79 Å². The van der Waals surface area contributed by atoms with Gasteiger partial charge in [-0.05, 0) is 48.5 Å². The highest BCUT2D eigenvalue weighted by molar-refractivity contribution is 6.36. The summed E-state index contributed by atoms with van der Waals surface area (Å²) in [7, 11) is 0. The lowest BCUT2D eigenvalue weighted by Gasteiger charge is -2.00. The second-order valence-electron chi connectivity index (χ2n) is 5.79. The fourth-order valence-electron chi connectivity index (χ4n) is 2.84. The maximum absolute atomic E-state index is 12.2. The van der Waals surface area contributed by atoms with Gasteiger partial charge in [-0.15, -0.1) is 0 Å². The molecular weight excluding hydrogens is 354 g/mol. The third-order valence-corrected chi connectivity index (χ3v) is 4.31. The van der Waals surface area contributed by atoms with Gasteiger partial charge in [-0.2, -0.15) is 0 Å². The summed E-state index contributed by atoms with van der Waals surface area (Å²) < 4.78 is 5.78. The molecule has 2 heterocycles. The van der Waals surface area contributed by atoms with Gasteiger partial charge in [0.1, 0.15) is 11.5 Å². The van der Waals surface area contributed by atoms with Crippen LogP contribution < -0.4 is 5.32 Å². The summed E-state index contributed by atoms with van der Waals surface area (Å²) in [6.45, 7) is 0. The van der Waals surface area contributed by atoms with E-state index in [1.165, 1.54) is 12.1 Å². The van der Waals surface area contributed by atoms with Crippen molar-refractivity contribution in [2.75, 3.05) is 5.32 Å². The van der Waals surface area contributed by atoms with Crippen LogP contribution >= 0.6 is 11.6 Å². The predicted octanol–water partition coefficient (Wildman–Crippen LogP) is 4.79. The van der Waals surface area contributed by atoms with Gasteiger partial charge >= 0.3 is 5.97 Å². The van der Waals surface area contributed by atoms with Crippen molar-refractivity contribution in [1.29, 1.82) is 0 Å². The summed E-state index contributed by atoms with van der Waals surface area (Å²) in [5, 5.41) is 12.4. The molecule has 0 fully saturated rings. The van der Waals surface area contributed by atoms with Crippen LogP contribution in [-0.4, -0.2) is 17.0 Å². The van der Waals surface area contributed by atoms with Crippen molar-refractivity contribution in [1.82, 2.24) is 0 Å². The fourth-order valence-corrected chi connectivity index (χ4v) is 3.01. The highest BCUT2D eigenvalue weighted by atomic mass is 35.5. The van der Waals surface area contributed by atoms with Crippen molar-refractivity contribution >= 4 is 40.8 Å². The number of nitrogens with one attached hydrogen (secondary N) is 1. The molecule has 4 rings (SSSR count). The minimum absolute atomic E-state index is 0.178. The SMILES string of the molecule is O=C1Nc2ccc(Cl)cc2C1=Cc1ccc(-c2cccc(C(=O)O)c2)o1. The van der Waals surface area contributed by atoms with Crippen LogP contribution in [0.3, 0.4) is 0 Å². The summed E-state index contributed by atoms with van der Waals surface area (Å²) in [5.74, 6) is -0.228. The number of anilines is 1. The lowest BCUT2D eigenvalue weighted by atomic mass is 10.1. The van der Waals surface area contributed by atoms with Crippen LogP contribution in [0.15, 0.2) is 59.0 Å². The second-order valence-corrected chi connectivity index (χ2v) is 6.23. The Morgan fingerprint density at radius 3 is 2.77 bits per heavy atom. The van der Waals surface area contributed by atoms with Gasteiger partial charge in [0.25, 0.3) is 5.91 Å². The molecule has 0 aliphatic carbocycles. The molecule has 0 saturated heterocycles. The standard InChI is InChI=1S/C20H12ClNO4/c21-13-4-6-17-15(9-13)16(19(23)22-17)10-14-5-7-18(26-14)11-2-1-3-12(8-11)20(24)25/h1-10H,(H,22,23)(H,24,25). The minimum atomic E-state index is -1.00. The summed E-state index contributed by atoms with van der Waals surface area (Å²) in [6.07, 6.45) is 1.64. The summed E-state index contributed by atoms with van der Waals surface area (Å²) in [5.41, 5.74) is 2.70. The van der Waals surface area contributed by atoms with E-state index >= 15 is 0 Å². The van der Waals surface area contributed by atoms with Gasteiger partial charge in [0, 0.05) is 21.8 Å². The molecule has 2 N–H and O–H groups in total. The Kier molecular flexibility index (Phi) is 3.86. The minimum Gasteiger partial charge on any atom is -0.478 e. The first-order chi connectivity index (χ1) is 12.5. The highest BCUT2D eigenvalue weighted by Gasteiger charge is 2.24. The number of furan rings is 1. The quantitative estimate of drug-likeness (QED) is 0.654. The van der Waals surface area contributed by atoms with Crippen molar-refractivity contribution < 1.29 is 19.1 Å². The average molecular weight is 366 g/mol. The number of carbonyl (C=O) groups excluding carboxylic acids is 1. The number of fused-ring (bicyclic) bond motifs is 1. The van der Waals surface area contributed by atoms with E-state index in [0.717, 1.165) is 0 Å². The number of hydrogen-bond donors (Lipinski definition) is 2. The molecule has 1 aromatic heterocycles. The molecule has 0 saturated carbocycles. The van der Waals surface area contributed by atoms with Gasteiger partial charge in [-0.3, -0.25) is 4.79 Å². The fraction of sp³-hybridized carbons (Fsp3) is 0. The number of rotatable bonds is 3. The molecule has 6 heteroatoms. The molecular formula is C20H12ClNO4. The van der Waals surface area contributed by atoms with Crippen LogP contribution in [0.5, 0.6) is 0 Å². The van der Waals surface area contributed by atoms with Crippen molar-refractivity contribution in [2.24, 2.45) is 0 Å². The Labute approximate surface area is 153 Å². The van der Waals surface area contributed by atoms with Crippen LogP contribution in [0.1, 0.15) is 21.7 Å². The maximum Gasteiger partial charge on any atom is 0.335 e. The molecule has 0 spiro atoms. The second kappa shape index (κ2) is 6.20. The molecule has 3 aromatic rings. The van der Waals surface area contributed by atoms with Crippen LogP contribution in [0.25, 0.3) is 23.0 Å². The van der Waals surface area contributed by atoms with E-state index in [9.17, 15) is 9.59 Å². The lowest BCUT2D eigenvalue weighted by Crippen LogP contribution is -2.03. The first-order valence-electron chi connectivity index (χ1n) is 7.78. The van der Waals surface area contributed by atoms with Gasteiger partial charge < -0.3 is 14.8 Å². The van der Waals surface area contributed by atoms with Crippen LogP contribution in [0.4, 0.5) is 5.69 Å².